The van der Waals surface area contributed by atoms with E-state index in [0.29, 0.717) is 11.3 Å². The van der Waals surface area contributed by atoms with Gasteiger partial charge in [0.25, 0.3) is 0 Å². The summed E-state index contributed by atoms with van der Waals surface area (Å²) < 4.78 is 0. The SMILES string of the molecule is CC(C)C(C)CCC(C)C1CCC2C(O)CCCC12C. The molecule has 1 heteroatoms. The van der Waals surface area contributed by atoms with Crippen molar-refractivity contribution < 1.29 is 5.11 Å². The monoisotopic (exact) mass is 280 g/mol. The number of fused-ring (bicyclic) bond motifs is 1. The summed E-state index contributed by atoms with van der Waals surface area (Å²) >= 11 is 0. The van der Waals surface area contributed by atoms with E-state index in [4.69, 9.17) is 0 Å². The molecule has 0 radical (unpaired) electrons. The van der Waals surface area contributed by atoms with Gasteiger partial charge in [0, 0.05) is 0 Å². The first kappa shape index (κ1) is 16.3. The molecule has 0 amide bonds. The van der Waals surface area contributed by atoms with E-state index in [2.05, 4.69) is 34.6 Å². The first-order chi connectivity index (χ1) is 9.36. The van der Waals surface area contributed by atoms with Crippen LogP contribution in [0.15, 0.2) is 0 Å². The number of aliphatic hydroxyl groups is 1. The molecule has 0 aromatic carbocycles. The van der Waals surface area contributed by atoms with Crippen LogP contribution in [0.1, 0.15) is 79.6 Å². The molecule has 20 heavy (non-hydrogen) atoms. The van der Waals surface area contributed by atoms with E-state index >= 15 is 0 Å². The Bertz CT molecular complexity index is 311. The van der Waals surface area contributed by atoms with Crippen LogP contribution in [0.25, 0.3) is 0 Å². The minimum absolute atomic E-state index is 0.0134. The summed E-state index contributed by atoms with van der Waals surface area (Å²) in [5.74, 6) is 3.93. The van der Waals surface area contributed by atoms with Crippen molar-refractivity contribution in [2.75, 3.05) is 0 Å². The summed E-state index contributed by atoms with van der Waals surface area (Å²) in [4.78, 5) is 0. The first-order valence-electron chi connectivity index (χ1n) is 9.04. The molecule has 6 atom stereocenters. The van der Waals surface area contributed by atoms with Crippen LogP contribution in [0, 0.1) is 35.0 Å². The Morgan fingerprint density at radius 3 is 2.40 bits per heavy atom. The lowest BCUT2D eigenvalue weighted by atomic mass is 9.61. The van der Waals surface area contributed by atoms with Gasteiger partial charge in [-0.15, -0.1) is 0 Å². The van der Waals surface area contributed by atoms with Gasteiger partial charge in [0.15, 0.2) is 0 Å². The van der Waals surface area contributed by atoms with Gasteiger partial charge >= 0.3 is 0 Å². The van der Waals surface area contributed by atoms with Gasteiger partial charge in [-0.2, -0.15) is 0 Å². The lowest BCUT2D eigenvalue weighted by molar-refractivity contribution is -0.0281. The van der Waals surface area contributed by atoms with E-state index in [1.165, 1.54) is 38.5 Å². The number of aliphatic hydroxyl groups excluding tert-OH is 1. The fourth-order valence-electron chi connectivity index (χ4n) is 5.18. The van der Waals surface area contributed by atoms with E-state index < -0.39 is 0 Å². The highest BCUT2D eigenvalue weighted by atomic mass is 16.3. The van der Waals surface area contributed by atoms with Crippen LogP contribution in [0.4, 0.5) is 0 Å². The third-order valence-electron chi connectivity index (χ3n) is 7.06. The smallest absolute Gasteiger partial charge is 0.0573 e. The fourth-order valence-corrected chi connectivity index (χ4v) is 5.18. The van der Waals surface area contributed by atoms with Crippen molar-refractivity contribution >= 4 is 0 Å². The Kier molecular flexibility index (Phi) is 5.21. The second kappa shape index (κ2) is 6.38. The maximum absolute atomic E-state index is 10.3. The molecule has 0 aromatic rings. The highest BCUT2D eigenvalue weighted by molar-refractivity contribution is 5.01. The van der Waals surface area contributed by atoms with Gasteiger partial charge in [-0.25, -0.2) is 0 Å². The van der Waals surface area contributed by atoms with Crippen LogP contribution in [-0.2, 0) is 0 Å². The highest BCUT2D eigenvalue weighted by Gasteiger charge is 2.51. The lowest BCUT2D eigenvalue weighted by Gasteiger charge is -2.45. The fraction of sp³-hybridized carbons (Fsp3) is 1.00. The second-order valence-corrected chi connectivity index (χ2v) is 8.53. The third-order valence-corrected chi connectivity index (χ3v) is 7.06. The van der Waals surface area contributed by atoms with Crippen LogP contribution < -0.4 is 0 Å². The zero-order valence-corrected chi connectivity index (χ0v) is 14.4. The molecule has 1 N–H and O–H groups in total. The lowest BCUT2D eigenvalue weighted by Crippen LogP contribution is -2.41. The second-order valence-electron chi connectivity index (χ2n) is 8.53. The van der Waals surface area contributed by atoms with E-state index in [-0.39, 0.29) is 6.10 Å². The molecule has 0 aliphatic heterocycles. The van der Waals surface area contributed by atoms with E-state index in [0.717, 1.165) is 30.1 Å². The number of rotatable bonds is 5. The molecular weight excluding hydrogens is 244 g/mol. The topological polar surface area (TPSA) is 20.2 Å². The number of hydrogen-bond donors (Lipinski definition) is 1. The predicted molar refractivity (Wildman–Crippen MR) is 86.6 cm³/mol. The van der Waals surface area contributed by atoms with E-state index in [1.54, 1.807) is 0 Å². The third kappa shape index (κ3) is 3.08. The van der Waals surface area contributed by atoms with Crippen molar-refractivity contribution in [3.8, 4) is 0 Å². The maximum Gasteiger partial charge on any atom is 0.0573 e. The van der Waals surface area contributed by atoms with Crippen molar-refractivity contribution in [3.63, 3.8) is 0 Å². The normalized spacial score (nSPS) is 40.6. The van der Waals surface area contributed by atoms with Crippen LogP contribution >= 0.6 is 0 Å². The Morgan fingerprint density at radius 1 is 1.05 bits per heavy atom. The Balaban J connectivity index is 1.95. The molecule has 1 nitrogen and oxygen atoms in total. The summed E-state index contributed by atoms with van der Waals surface area (Å²) in [6.07, 6.45) is 9.00. The molecular formula is C19H36O. The zero-order valence-electron chi connectivity index (χ0n) is 14.4. The Labute approximate surface area is 126 Å². The Hall–Kier alpha value is -0.0400. The van der Waals surface area contributed by atoms with Crippen molar-refractivity contribution in [1.82, 2.24) is 0 Å². The highest BCUT2D eigenvalue weighted by Crippen LogP contribution is 2.58. The molecule has 118 valence electrons. The quantitative estimate of drug-likeness (QED) is 0.727. The van der Waals surface area contributed by atoms with E-state index in [9.17, 15) is 5.11 Å². The van der Waals surface area contributed by atoms with Crippen LogP contribution in [-0.4, -0.2) is 11.2 Å². The first-order valence-corrected chi connectivity index (χ1v) is 9.04. The molecule has 6 unspecified atom stereocenters. The Morgan fingerprint density at radius 2 is 1.75 bits per heavy atom. The number of hydrogen-bond acceptors (Lipinski definition) is 1. The van der Waals surface area contributed by atoms with Gasteiger partial charge in [-0.1, -0.05) is 53.9 Å². The largest absolute Gasteiger partial charge is 0.393 e. The van der Waals surface area contributed by atoms with Crippen LogP contribution in [0.2, 0.25) is 0 Å². The average molecular weight is 280 g/mol. The van der Waals surface area contributed by atoms with Crippen LogP contribution in [0.3, 0.4) is 0 Å². The van der Waals surface area contributed by atoms with Crippen molar-refractivity contribution in [2.45, 2.75) is 85.7 Å². The molecule has 2 aliphatic rings. The zero-order chi connectivity index (χ0) is 14.9. The summed E-state index contributed by atoms with van der Waals surface area (Å²) in [6.45, 7) is 12.1. The summed E-state index contributed by atoms with van der Waals surface area (Å²) in [6, 6.07) is 0. The molecule has 2 rings (SSSR count). The predicted octanol–water partition coefficient (Wildman–Crippen LogP) is 5.27. The van der Waals surface area contributed by atoms with Gasteiger partial charge < -0.3 is 5.11 Å². The van der Waals surface area contributed by atoms with Crippen molar-refractivity contribution in [1.29, 1.82) is 0 Å². The maximum atomic E-state index is 10.3. The van der Waals surface area contributed by atoms with Gasteiger partial charge in [-0.3, -0.25) is 0 Å². The average Bonchev–Trinajstić information content (AvgIpc) is 2.74. The minimum atomic E-state index is -0.0134. The molecule has 2 saturated carbocycles. The van der Waals surface area contributed by atoms with Gasteiger partial charge in [-0.05, 0) is 60.7 Å². The van der Waals surface area contributed by atoms with Gasteiger partial charge in [0.05, 0.1) is 6.10 Å². The standard InChI is InChI=1S/C19H36O/c1-13(2)14(3)8-9-15(4)16-10-11-17-18(20)7-6-12-19(16,17)5/h13-18,20H,6-12H2,1-5H3. The van der Waals surface area contributed by atoms with Gasteiger partial charge in [0.2, 0.25) is 0 Å². The molecule has 0 saturated heterocycles. The summed E-state index contributed by atoms with van der Waals surface area (Å²) in [7, 11) is 0. The molecule has 0 bridgehead atoms. The van der Waals surface area contributed by atoms with Gasteiger partial charge in [0.1, 0.15) is 0 Å². The molecule has 0 aromatic heterocycles. The molecule has 0 spiro atoms. The van der Waals surface area contributed by atoms with Crippen LogP contribution in [0.5, 0.6) is 0 Å². The van der Waals surface area contributed by atoms with Crippen molar-refractivity contribution in [2.24, 2.45) is 35.0 Å². The molecule has 2 aliphatic carbocycles. The molecule has 0 heterocycles. The van der Waals surface area contributed by atoms with E-state index in [1.807, 2.05) is 0 Å². The summed E-state index contributed by atoms with van der Waals surface area (Å²) in [5, 5.41) is 10.3. The molecule has 2 fully saturated rings. The van der Waals surface area contributed by atoms with Crippen molar-refractivity contribution in [3.05, 3.63) is 0 Å². The minimum Gasteiger partial charge on any atom is -0.393 e. The summed E-state index contributed by atoms with van der Waals surface area (Å²) in [5.41, 5.74) is 0.429.